The lowest BCUT2D eigenvalue weighted by Gasteiger charge is -2.03. The average molecular weight is 361 g/mol. The number of carbonyl (C=O) groups is 1. The predicted octanol–water partition coefficient (Wildman–Crippen LogP) is 7.48. The SMILES string of the molecule is CC/C=C\C/C=C\C/C=C\C/C=C\CCCCC(=O)OCCCCCC. The first-order chi connectivity index (χ1) is 12.8. The van der Waals surface area contributed by atoms with Gasteiger partial charge >= 0.3 is 5.97 Å². The standard InChI is InChI=1S/C24H40O2/c1-3-5-7-9-10-11-12-13-14-15-16-17-18-19-20-22-24(25)26-23-21-8-6-4-2/h5,7,10-11,13-14,16-17H,3-4,6,8-9,12,15,18-23H2,1-2H3/b7-5-,11-10-,14-13-,17-16-. The Morgan fingerprint density at radius 1 is 0.692 bits per heavy atom. The number of hydrogen-bond acceptors (Lipinski definition) is 2. The largest absolute Gasteiger partial charge is 0.466 e. The molecule has 26 heavy (non-hydrogen) atoms. The zero-order valence-corrected chi connectivity index (χ0v) is 17.1. The minimum atomic E-state index is -0.0355. The molecule has 0 saturated carbocycles. The maximum Gasteiger partial charge on any atom is 0.305 e. The highest BCUT2D eigenvalue weighted by Crippen LogP contribution is 2.05. The number of ether oxygens (including phenoxy) is 1. The topological polar surface area (TPSA) is 26.3 Å². The van der Waals surface area contributed by atoms with Gasteiger partial charge in [0.15, 0.2) is 0 Å². The van der Waals surface area contributed by atoms with Crippen LogP contribution in [0.5, 0.6) is 0 Å². The molecular weight excluding hydrogens is 320 g/mol. The lowest BCUT2D eigenvalue weighted by atomic mass is 10.2. The molecule has 0 rings (SSSR count). The van der Waals surface area contributed by atoms with Crippen molar-refractivity contribution in [3.05, 3.63) is 48.6 Å². The molecule has 0 bridgehead atoms. The van der Waals surface area contributed by atoms with Crippen LogP contribution in [0, 0.1) is 0 Å². The third kappa shape index (κ3) is 20.5. The van der Waals surface area contributed by atoms with Crippen molar-refractivity contribution in [3.63, 3.8) is 0 Å². The third-order valence-corrected chi connectivity index (χ3v) is 3.98. The van der Waals surface area contributed by atoms with Crippen molar-refractivity contribution in [2.24, 2.45) is 0 Å². The Hall–Kier alpha value is -1.57. The Kier molecular flexibility index (Phi) is 20.2. The first-order valence-corrected chi connectivity index (χ1v) is 10.6. The Balaban J connectivity index is 3.40. The van der Waals surface area contributed by atoms with Crippen molar-refractivity contribution in [3.8, 4) is 0 Å². The van der Waals surface area contributed by atoms with Crippen molar-refractivity contribution in [1.29, 1.82) is 0 Å². The molecule has 0 heterocycles. The third-order valence-electron chi connectivity index (χ3n) is 3.98. The number of hydrogen-bond donors (Lipinski definition) is 0. The summed E-state index contributed by atoms with van der Waals surface area (Å²) in [5.41, 5.74) is 0. The summed E-state index contributed by atoms with van der Waals surface area (Å²) in [6.07, 6.45) is 30.0. The van der Waals surface area contributed by atoms with Gasteiger partial charge in [0.1, 0.15) is 0 Å². The minimum absolute atomic E-state index is 0.0355. The predicted molar refractivity (Wildman–Crippen MR) is 114 cm³/mol. The van der Waals surface area contributed by atoms with Crippen LogP contribution in [0.4, 0.5) is 0 Å². The molecule has 0 aliphatic heterocycles. The van der Waals surface area contributed by atoms with E-state index in [0.29, 0.717) is 13.0 Å². The van der Waals surface area contributed by atoms with Gasteiger partial charge < -0.3 is 4.74 Å². The molecule has 0 aromatic carbocycles. The van der Waals surface area contributed by atoms with Gasteiger partial charge in [-0.15, -0.1) is 0 Å². The van der Waals surface area contributed by atoms with E-state index in [9.17, 15) is 4.79 Å². The van der Waals surface area contributed by atoms with E-state index in [-0.39, 0.29) is 5.97 Å². The summed E-state index contributed by atoms with van der Waals surface area (Å²) in [5.74, 6) is -0.0355. The molecule has 0 aromatic rings. The second-order valence-corrected chi connectivity index (χ2v) is 6.53. The van der Waals surface area contributed by atoms with Gasteiger partial charge in [-0.2, -0.15) is 0 Å². The zero-order valence-electron chi connectivity index (χ0n) is 17.1. The normalized spacial score (nSPS) is 12.2. The number of unbranched alkanes of at least 4 members (excludes halogenated alkanes) is 5. The molecule has 0 unspecified atom stereocenters. The molecule has 0 aliphatic carbocycles. The maximum absolute atomic E-state index is 11.6. The van der Waals surface area contributed by atoms with Crippen LogP contribution in [-0.2, 0) is 9.53 Å². The van der Waals surface area contributed by atoms with Crippen LogP contribution in [-0.4, -0.2) is 12.6 Å². The smallest absolute Gasteiger partial charge is 0.305 e. The Morgan fingerprint density at radius 2 is 1.31 bits per heavy atom. The lowest BCUT2D eigenvalue weighted by Crippen LogP contribution is -2.05. The van der Waals surface area contributed by atoms with Gasteiger partial charge in [0, 0.05) is 6.42 Å². The fraction of sp³-hybridized carbons (Fsp3) is 0.625. The van der Waals surface area contributed by atoms with E-state index < -0.39 is 0 Å². The van der Waals surface area contributed by atoms with E-state index in [2.05, 4.69) is 62.5 Å². The van der Waals surface area contributed by atoms with Crippen molar-refractivity contribution in [2.75, 3.05) is 6.61 Å². The second kappa shape index (κ2) is 21.5. The molecule has 2 nitrogen and oxygen atoms in total. The van der Waals surface area contributed by atoms with Gasteiger partial charge in [0.2, 0.25) is 0 Å². The second-order valence-electron chi connectivity index (χ2n) is 6.53. The van der Waals surface area contributed by atoms with Crippen LogP contribution < -0.4 is 0 Å². The lowest BCUT2D eigenvalue weighted by molar-refractivity contribution is -0.143. The molecule has 0 fully saturated rings. The molecule has 148 valence electrons. The van der Waals surface area contributed by atoms with Gasteiger partial charge in [-0.25, -0.2) is 0 Å². The van der Waals surface area contributed by atoms with E-state index in [1.54, 1.807) is 0 Å². The monoisotopic (exact) mass is 360 g/mol. The van der Waals surface area contributed by atoms with Crippen LogP contribution in [0.25, 0.3) is 0 Å². The summed E-state index contributed by atoms with van der Waals surface area (Å²) in [7, 11) is 0. The molecule has 2 heteroatoms. The van der Waals surface area contributed by atoms with Gasteiger partial charge in [0.05, 0.1) is 6.61 Å². The van der Waals surface area contributed by atoms with Crippen molar-refractivity contribution >= 4 is 5.97 Å². The summed E-state index contributed by atoms with van der Waals surface area (Å²) < 4.78 is 5.23. The Bertz CT molecular complexity index is 416. The summed E-state index contributed by atoms with van der Waals surface area (Å²) in [5, 5.41) is 0. The summed E-state index contributed by atoms with van der Waals surface area (Å²) in [6.45, 7) is 4.93. The van der Waals surface area contributed by atoms with Crippen LogP contribution >= 0.6 is 0 Å². The number of carbonyl (C=O) groups excluding carboxylic acids is 1. The summed E-state index contributed by atoms with van der Waals surface area (Å²) >= 11 is 0. The molecule has 0 saturated heterocycles. The maximum atomic E-state index is 11.6. The quantitative estimate of drug-likeness (QED) is 0.153. The summed E-state index contributed by atoms with van der Waals surface area (Å²) in [4.78, 5) is 11.6. The highest BCUT2D eigenvalue weighted by molar-refractivity contribution is 5.69. The number of rotatable bonds is 17. The molecule has 0 aromatic heterocycles. The van der Waals surface area contributed by atoms with Crippen LogP contribution in [0.3, 0.4) is 0 Å². The first kappa shape index (κ1) is 24.4. The Labute approximate surface area is 162 Å². The zero-order chi connectivity index (χ0) is 19.1. The molecular formula is C24H40O2. The number of allylic oxidation sites excluding steroid dienone is 8. The fourth-order valence-corrected chi connectivity index (χ4v) is 2.42. The van der Waals surface area contributed by atoms with Gasteiger partial charge in [-0.1, -0.05) is 81.7 Å². The average Bonchev–Trinajstić information content (AvgIpc) is 2.64. The van der Waals surface area contributed by atoms with Crippen molar-refractivity contribution in [1.82, 2.24) is 0 Å². The van der Waals surface area contributed by atoms with E-state index in [1.807, 2.05) is 0 Å². The molecule has 0 N–H and O–H groups in total. The molecule has 0 amide bonds. The first-order valence-electron chi connectivity index (χ1n) is 10.6. The highest BCUT2D eigenvalue weighted by Gasteiger charge is 2.01. The van der Waals surface area contributed by atoms with Gasteiger partial charge in [0.25, 0.3) is 0 Å². The fourth-order valence-electron chi connectivity index (χ4n) is 2.42. The van der Waals surface area contributed by atoms with Gasteiger partial charge in [-0.05, 0) is 51.4 Å². The molecule has 0 aliphatic rings. The van der Waals surface area contributed by atoms with Crippen molar-refractivity contribution < 1.29 is 9.53 Å². The molecule has 0 spiro atoms. The van der Waals surface area contributed by atoms with E-state index in [4.69, 9.17) is 4.74 Å². The Morgan fingerprint density at radius 3 is 1.92 bits per heavy atom. The highest BCUT2D eigenvalue weighted by atomic mass is 16.5. The minimum Gasteiger partial charge on any atom is -0.466 e. The van der Waals surface area contributed by atoms with E-state index in [0.717, 1.165) is 57.8 Å². The van der Waals surface area contributed by atoms with E-state index >= 15 is 0 Å². The van der Waals surface area contributed by atoms with Crippen molar-refractivity contribution in [2.45, 2.75) is 90.9 Å². The van der Waals surface area contributed by atoms with Gasteiger partial charge in [-0.3, -0.25) is 4.79 Å². The molecule has 0 atom stereocenters. The van der Waals surface area contributed by atoms with E-state index in [1.165, 1.54) is 12.8 Å². The van der Waals surface area contributed by atoms with Crippen LogP contribution in [0.2, 0.25) is 0 Å². The van der Waals surface area contributed by atoms with Crippen LogP contribution in [0.15, 0.2) is 48.6 Å². The van der Waals surface area contributed by atoms with Crippen LogP contribution in [0.1, 0.15) is 90.9 Å². The number of esters is 1. The summed E-state index contributed by atoms with van der Waals surface area (Å²) in [6, 6.07) is 0. The molecule has 0 radical (unpaired) electrons.